The van der Waals surface area contributed by atoms with Crippen LogP contribution in [0.4, 0.5) is 5.82 Å². The van der Waals surface area contributed by atoms with Gasteiger partial charge in [0.25, 0.3) is 0 Å². The highest BCUT2D eigenvalue weighted by Crippen LogP contribution is 2.28. The minimum absolute atomic E-state index is 0.148. The standard InChI is InChI=1S/C11H12ClN3O/c1-11(3-5-16-7-11)15-10-9(12)8(6-13)2-4-14-10/h2,4H,3,5,7H2,1H3,(H,14,15). The quantitative estimate of drug-likeness (QED) is 0.857. The van der Waals surface area contributed by atoms with Crippen molar-refractivity contribution >= 4 is 17.4 Å². The minimum atomic E-state index is -0.148. The van der Waals surface area contributed by atoms with E-state index < -0.39 is 0 Å². The summed E-state index contributed by atoms with van der Waals surface area (Å²) in [5.74, 6) is 0.550. The molecule has 16 heavy (non-hydrogen) atoms. The number of anilines is 1. The van der Waals surface area contributed by atoms with Gasteiger partial charge in [-0.3, -0.25) is 0 Å². The van der Waals surface area contributed by atoms with Gasteiger partial charge in [0.05, 0.1) is 17.7 Å². The average molecular weight is 238 g/mol. The molecule has 0 spiro atoms. The molecule has 1 N–H and O–H groups in total. The van der Waals surface area contributed by atoms with Crippen molar-refractivity contribution in [3.63, 3.8) is 0 Å². The van der Waals surface area contributed by atoms with Crippen LogP contribution >= 0.6 is 11.6 Å². The van der Waals surface area contributed by atoms with Crippen molar-refractivity contribution in [2.24, 2.45) is 0 Å². The van der Waals surface area contributed by atoms with Crippen LogP contribution in [0.1, 0.15) is 18.9 Å². The molecule has 1 unspecified atom stereocenters. The molecule has 1 aromatic heterocycles. The fourth-order valence-electron chi connectivity index (χ4n) is 1.67. The molecular formula is C11H12ClN3O. The summed E-state index contributed by atoms with van der Waals surface area (Å²) in [6, 6.07) is 3.63. The first-order valence-corrected chi connectivity index (χ1v) is 5.43. The van der Waals surface area contributed by atoms with E-state index in [9.17, 15) is 0 Å². The Bertz CT molecular complexity index is 435. The van der Waals surface area contributed by atoms with Gasteiger partial charge in [-0.15, -0.1) is 0 Å². The highest BCUT2D eigenvalue weighted by molar-refractivity contribution is 6.34. The van der Waals surface area contributed by atoms with E-state index in [0.717, 1.165) is 13.0 Å². The summed E-state index contributed by atoms with van der Waals surface area (Å²) in [6.07, 6.45) is 2.48. The van der Waals surface area contributed by atoms with Gasteiger partial charge >= 0.3 is 0 Å². The Balaban J connectivity index is 2.25. The van der Waals surface area contributed by atoms with Gasteiger partial charge in [0.15, 0.2) is 0 Å². The highest BCUT2D eigenvalue weighted by Gasteiger charge is 2.30. The molecule has 2 rings (SSSR count). The fourth-order valence-corrected chi connectivity index (χ4v) is 1.87. The maximum atomic E-state index is 8.85. The predicted molar refractivity (Wildman–Crippen MR) is 61.4 cm³/mol. The zero-order valence-electron chi connectivity index (χ0n) is 8.96. The van der Waals surface area contributed by atoms with Crippen LogP contribution in [-0.4, -0.2) is 23.7 Å². The number of rotatable bonds is 2. The van der Waals surface area contributed by atoms with Crippen LogP contribution in [0, 0.1) is 11.3 Å². The second-order valence-electron chi connectivity index (χ2n) is 4.12. The maximum absolute atomic E-state index is 8.85. The van der Waals surface area contributed by atoms with Gasteiger partial charge in [0.1, 0.15) is 16.9 Å². The van der Waals surface area contributed by atoms with Gasteiger partial charge in [-0.1, -0.05) is 11.6 Å². The predicted octanol–water partition coefficient (Wildman–Crippen LogP) is 2.20. The summed E-state index contributed by atoms with van der Waals surface area (Å²) in [5, 5.41) is 12.5. The molecule has 4 nitrogen and oxygen atoms in total. The SMILES string of the molecule is CC1(Nc2nccc(C#N)c2Cl)CCOC1. The van der Waals surface area contributed by atoms with E-state index in [1.807, 2.05) is 6.07 Å². The molecule has 0 aromatic carbocycles. The molecule has 1 saturated heterocycles. The number of aromatic nitrogens is 1. The highest BCUT2D eigenvalue weighted by atomic mass is 35.5. The molecule has 1 aliphatic rings. The summed E-state index contributed by atoms with van der Waals surface area (Å²) >= 11 is 6.06. The lowest BCUT2D eigenvalue weighted by molar-refractivity contribution is 0.185. The molecule has 0 amide bonds. The van der Waals surface area contributed by atoms with E-state index in [1.54, 1.807) is 12.3 Å². The normalized spacial score (nSPS) is 24.1. The molecule has 0 radical (unpaired) electrons. The molecule has 5 heteroatoms. The fraction of sp³-hybridized carbons (Fsp3) is 0.455. The number of halogens is 1. The van der Waals surface area contributed by atoms with E-state index in [4.69, 9.17) is 21.6 Å². The zero-order chi connectivity index (χ0) is 11.6. The topological polar surface area (TPSA) is 57.9 Å². The van der Waals surface area contributed by atoms with Crippen molar-refractivity contribution in [2.45, 2.75) is 18.9 Å². The minimum Gasteiger partial charge on any atom is -0.379 e. The lowest BCUT2D eigenvalue weighted by atomic mass is 10.0. The average Bonchev–Trinajstić information content (AvgIpc) is 2.68. The molecule has 84 valence electrons. The lowest BCUT2D eigenvalue weighted by Gasteiger charge is -2.24. The van der Waals surface area contributed by atoms with Crippen molar-refractivity contribution in [3.8, 4) is 6.07 Å². The Kier molecular flexibility index (Phi) is 2.99. The van der Waals surface area contributed by atoms with E-state index in [0.29, 0.717) is 23.0 Å². The van der Waals surface area contributed by atoms with Gasteiger partial charge in [0, 0.05) is 12.8 Å². The Labute approximate surface area is 99.2 Å². The first-order chi connectivity index (χ1) is 7.64. The van der Waals surface area contributed by atoms with E-state index >= 15 is 0 Å². The number of nitrogens with zero attached hydrogens (tertiary/aromatic N) is 2. The molecule has 0 bridgehead atoms. The molecule has 2 heterocycles. The van der Waals surface area contributed by atoms with Gasteiger partial charge < -0.3 is 10.1 Å². The summed E-state index contributed by atoms with van der Waals surface area (Å²) < 4.78 is 5.33. The van der Waals surface area contributed by atoms with Gasteiger partial charge in [0.2, 0.25) is 0 Å². The number of hydrogen-bond acceptors (Lipinski definition) is 4. The lowest BCUT2D eigenvalue weighted by Crippen LogP contribution is -2.35. The van der Waals surface area contributed by atoms with Crippen LogP contribution in [0.5, 0.6) is 0 Å². The van der Waals surface area contributed by atoms with Crippen LogP contribution in [0.2, 0.25) is 5.02 Å². The van der Waals surface area contributed by atoms with Gasteiger partial charge in [-0.05, 0) is 19.4 Å². The number of hydrogen-bond donors (Lipinski definition) is 1. The summed E-state index contributed by atoms with van der Waals surface area (Å²) in [5.41, 5.74) is 0.284. The summed E-state index contributed by atoms with van der Waals surface area (Å²) in [7, 11) is 0. The first-order valence-electron chi connectivity index (χ1n) is 5.05. The number of pyridine rings is 1. The van der Waals surface area contributed by atoms with Crippen molar-refractivity contribution in [2.75, 3.05) is 18.5 Å². The Hall–Kier alpha value is -1.31. The molecule has 0 aliphatic carbocycles. The Morgan fingerprint density at radius 3 is 3.12 bits per heavy atom. The molecule has 0 saturated carbocycles. The van der Waals surface area contributed by atoms with Crippen LogP contribution in [0.3, 0.4) is 0 Å². The second kappa shape index (κ2) is 4.28. The van der Waals surface area contributed by atoms with E-state index in [1.165, 1.54) is 0 Å². The third kappa shape index (κ3) is 2.11. The van der Waals surface area contributed by atoms with Crippen molar-refractivity contribution in [3.05, 3.63) is 22.8 Å². The van der Waals surface area contributed by atoms with Crippen LogP contribution < -0.4 is 5.32 Å². The number of nitrogens with one attached hydrogen (secondary N) is 1. The van der Waals surface area contributed by atoms with Crippen LogP contribution in [0.25, 0.3) is 0 Å². The molecule has 1 aliphatic heterocycles. The van der Waals surface area contributed by atoms with Crippen LogP contribution in [0.15, 0.2) is 12.3 Å². The second-order valence-corrected chi connectivity index (χ2v) is 4.50. The summed E-state index contributed by atoms with van der Waals surface area (Å²) in [6.45, 7) is 3.41. The van der Waals surface area contributed by atoms with Crippen molar-refractivity contribution < 1.29 is 4.74 Å². The Morgan fingerprint density at radius 2 is 2.50 bits per heavy atom. The molecule has 1 fully saturated rings. The molecular weight excluding hydrogens is 226 g/mol. The Morgan fingerprint density at radius 1 is 1.69 bits per heavy atom. The molecule has 1 aromatic rings. The first kappa shape index (κ1) is 11.2. The maximum Gasteiger partial charge on any atom is 0.146 e. The monoisotopic (exact) mass is 237 g/mol. The van der Waals surface area contributed by atoms with E-state index in [2.05, 4.69) is 17.2 Å². The number of ether oxygens (including phenoxy) is 1. The van der Waals surface area contributed by atoms with Crippen molar-refractivity contribution in [1.29, 1.82) is 5.26 Å². The third-order valence-corrected chi connectivity index (χ3v) is 3.03. The van der Waals surface area contributed by atoms with Crippen LogP contribution in [-0.2, 0) is 4.74 Å². The van der Waals surface area contributed by atoms with E-state index in [-0.39, 0.29) is 5.54 Å². The third-order valence-electron chi connectivity index (χ3n) is 2.65. The number of nitriles is 1. The largest absolute Gasteiger partial charge is 0.379 e. The van der Waals surface area contributed by atoms with Gasteiger partial charge in [-0.2, -0.15) is 5.26 Å². The summed E-state index contributed by atoms with van der Waals surface area (Å²) in [4.78, 5) is 4.15. The van der Waals surface area contributed by atoms with Crippen molar-refractivity contribution in [1.82, 2.24) is 4.98 Å². The smallest absolute Gasteiger partial charge is 0.146 e. The zero-order valence-corrected chi connectivity index (χ0v) is 9.71. The molecule has 1 atom stereocenters. The van der Waals surface area contributed by atoms with Gasteiger partial charge in [-0.25, -0.2) is 4.98 Å².